The lowest BCUT2D eigenvalue weighted by atomic mass is 10.2. The molecule has 0 aliphatic carbocycles. The topological polar surface area (TPSA) is 50.2 Å². The highest BCUT2D eigenvalue weighted by Gasteiger charge is 2.39. The second-order valence-corrected chi connectivity index (χ2v) is 4.95. The molecule has 1 heterocycles. The molecule has 0 radical (unpaired) electrons. The smallest absolute Gasteiger partial charge is 0.435 e. The highest BCUT2D eigenvalue weighted by Crippen LogP contribution is 2.38. The van der Waals surface area contributed by atoms with Gasteiger partial charge in [0.2, 0.25) is 0 Å². The number of carboxylic acids is 1. The van der Waals surface area contributed by atoms with Crippen molar-refractivity contribution in [2.45, 2.75) is 6.18 Å². The van der Waals surface area contributed by atoms with Crippen molar-refractivity contribution in [3.8, 4) is 10.6 Å². The number of aromatic carboxylic acids is 1. The zero-order chi connectivity index (χ0) is 14.2. The fourth-order valence-electron chi connectivity index (χ4n) is 1.40. The number of carbonyl (C=O) groups is 1. The summed E-state index contributed by atoms with van der Waals surface area (Å²) in [6, 6.07) is 6.04. The van der Waals surface area contributed by atoms with Crippen LogP contribution in [0.4, 0.5) is 13.2 Å². The molecule has 3 nitrogen and oxygen atoms in total. The largest absolute Gasteiger partial charge is 0.477 e. The van der Waals surface area contributed by atoms with E-state index in [1.165, 1.54) is 12.1 Å². The van der Waals surface area contributed by atoms with Crippen LogP contribution in [0.15, 0.2) is 24.3 Å². The molecule has 0 saturated carbocycles. The number of hydrogen-bond donors (Lipinski definition) is 1. The first-order valence-corrected chi connectivity index (χ1v) is 6.05. The van der Waals surface area contributed by atoms with Gasteiger partial charge in [0.15, 0.2) is 5.69 Å². The van der Waals surface area contributed by atoms with E-state index in [2.05, 4.69) is 4.98 Å². The zero-order valence-electron chi connectivity index (χ0n) is 9.03. The van der Waals surface area contributed by atoms with E-state index in [4.69, 9.17) is 16.7 Å². The molecule has 0 spiro atoms. The summed E-state index contributed by atoms with van der Waals surface area (Å²) in [5, 5.41) is 9.08. The molecule has 0 bridgehead atoms. The molecule has 0 aliphatic rings. The summed E-state index contributed by atoms with van der Waals surface area (Å²) in [5.74, 6) is -1.65. The molecule has 1 N–H and O–H groups in total. The Morgan fingerprint density at radius 2 is 2.05 bits per heavy atom. The highest BCUT2D eigenvalue weighted by molar-refractivity contribution is 7.17. The summed E-state index contributed by atoms with van der Waals surface area (Å²) in [6.07, 6.45) is -4.80. The lowest BCUT2D eigenvalue weighted by Gasteiger charge is -2.02. The number of nitrogens with zero attached hydrogens (tertiary/aromatic N) is 1. The normalized spacial score (nSPS) is 11.6. The van der Waals surface area contributed by atoms with Crippen molar-refractivity contribution in [3.63, 3.8) is 0 Å². The standard InChI is InChI=1S/C11H5ClF3NO2S/c12-6-3-1-2-5(4-6)9-16-8(11(13,14)15)7(19-9)10(17)18/h1-4H,(H,17,18). The fourth-order valence-corrected chi connectivity index (χ4v) is 2.51. The Morgan fingerprint density at radius 3 is 2.53 bits per heavy atom. The van der Waals surface area contributed by atoms with Gasteiger partial charge in [0.05, 0.1) is 0 Å². The molecule has 0 amide bonds. The quantitative estimate of drug-likeness (QED) is 0.905. The summed E-state index contributed by atoms with van der Waals surface area (Å²) in [4.78, 5) is 13.4. The summed E-state index contributed by atoms with van der Waals surface area (Å²) < 4.78 is 38.0. The first-order valence-electron chi connectivity index (χ1n) is 4.86. The van der Waals surface area contributed by atoms with Crippen molar-refractivity contribution in [1.29, 1.82) is 0 Å². The van der Waals surface area contributed by atoms with Gasteiger partial charge in [-0.3, -0.25) is 0 Å². The number of aromatic nitrogens is 1. The Balaban J connectivity index is 2.58. The van der Waals surface area contributed by atoms with Gasteiger partial charge in [-0.2, -0.15) is 13.2 Å². The molecule has 0 fully saturated rings. The van der Waals surface area contributed by atoms with Crippen LogP contribution in [0, 0.1) is 0 Å². The van der Waals surface area contributed by atoms with Gasteiger partial charge < -0.3 is 5.11 Å². The van der Waals surface area contributed by atoms with Crippen LogP contribution >= 0.6 is 22.9 Å². The summed E-state index contributed by atoms with van der Waals surface area (Å²) in [6.45, 7) is 0. The van der Waals surface area contributed by atoms with Crippen LogP contribution in [0.25, 0.3) is 10.6 Å². The molecule has 100 valence electrons. The highest BCUT2D eigenvalue weighted by atomic mass is 35.5. The van der Waals surface area contributed by atoms with E-state index >= 15 is 0 Å². The van der Waals surface area contributed by atoms with Crippen molar-refractivity contribution in [2.24, 2.45) is 0 Å². The molecule has 8 heteroatoms. The Hall–Kier alpha value is -1.60. The van der Waals surface area contributed by atoms with Crippen molar-refractivity contribution >= 4 is 28.9 Å². The second kappa shape index (κ2) is 4.82. The summed E-state index contributed by atoms with van der Waals surface area (Å²) in [5.41, 5.74) is -1.05. The van der Waals surface area contributed by atoms with E-state index in [0.29, 0.717) is 21.9 Å². The van der Waals surface area contributed by atoms with E-state index in [0.717, 1.165) is 0 Å². The van der Waals surface area contributed by atoms with Crippen LogP contribution in [0.2, 0.25) is 5.02 Å². The van der Waals surface area contributed by atoms with Gasteiger partial charge in [-0.15, -0.1) is 11.3 Å². The molecule has 1 aromatic carbocycles. The maximum Gasteiger partial charge on any atom is 0.435 e. The molecular weight excluding hydrogens is 303 g/mol. The predicted molar refractivity (Wildman–Crippen MR) is 64.5 cm³/mol. The minimum atomic E-state index is -4.80. The van der Waals surface area contributed by atoms with Gasteiger partial charge in [-0.1, -0.05) is 23.7 Å². The number of carboxylic acid groups (broad SMARTS) is 1. The Morgan fingerprint density at radius 1 is 1.37 bits per heavy atom. The number of hydrogen-bond acceptors (Lipinski definition) is 3. The average molecular weight is 308 g/mol. The van der Waals surface area contributed by atoms with E-state index in [9.17, 15) is 18.0 Å². The molecule has 0 saturated heterocycles. The van der Waals surface area contributed by atoms with E-state index in [-0.39, 0.29) is 5.01 Å². The molecule has 0 unspecified atom stereocenters. The van der Waals surface area contributed by atoms with Crippen LogP contribution in [-0.2, 0) is 6.18 Å². The summed E-state index contributed by atoms with van der Waals surface area (Å²) >= 11 is 6.20. The zero-order valence-corrected chi connectivity index (χ0v) is 10.6. The van der Waals surface area contributed by atoms with Crippen molar-refractivity contribution in [2.75, 3.05) is 0 Å². The number of thiazole rings is 1. The number of halogens is 4. The van der Waals surface area contributed by atoms with Gasteiger partial charge in [-0.05, 0) is 12.1 Å². The minimum absolute atomic E-state index is 0.0350. The van der Waals surface area contributed by atoms with Crippen molar-refractivity contribution < 1.29 is 23.1 Å². The summed E-state index contributed by atoms with van der Waals surface area (Å²) in [7, 11) is 0. The van der Waals surface area contributed by atoms with Gasteiger partial charge in [0.25, 0.3) is 0 Å². The Labute approximate surface area is 114 Å². The molecule has 0 atom stereocenters. The van der Waals surface area contributed by atoms with Crippen LogP contribution in [0.1, 0.15) is 15.4 Å². The van der Waals surface area contributed by atoms with E-state index in [1.807, 2.05) is 0 Å². The molecular formula is C11H5ClF3NO2S. The van der Waals surface area contributed by atoms with Crippen LogP contribution in [0.3, 0.4) is 0 Å². The van der Waals surface area contributed by atoms with Crippen molar-refractivity contribution in [1.82, 2.24) is 4.98 Å². The molecule has 0 aliphatic heterocycles. The third kappa shape index (κ3) is 2.87. The molecule has 1 aromatic heterocycles. The monoisotopic (exact) mass is 307 g/mol. The number of benzene rings is 1. The Bertz CT molecular complexity index is 639. The maximum absolute atomic E-state index is 12.7. The van der Waals surface area contributed by atoms with E-state index < -0.39 is 22.7 Å². The lowest BCUT2D eigenvalue weighted by molar-refractivity contribution is -0.141. The molecule has 2 rings (SSSR count). The third-order valence-corrected chi connectivity index (χ3v) is 3.49. The third-order valence-electron chi connectivity index (χ3n) is 2.16. The second-order valence-electron chi connectivity index (χ2n) is 3.51. The molecule has 19 heavy (non-hydrogen) atoms. The van der Waals surface area contributed by atoms with Crippen LogP contribution in [-0.4, -0.2) is 16.1 Å². The minimum Gasteiger partial charge on any atom is -0.477 e. The first kappa shape index (κ1) is 13.8. The first-order chi connectivity index (χ1) is 8.79. The van der Waals surface area contributed by atoms with Gasteiger partial charge in [0.1, 0.15) is 9.88 Å². The van der Waals surface area contributed by atoms with Crippen molar-refractivity contribution in [3.05, 3.63) is 39.9 Å². The SMILES string of the molecule is O=C(O)c1sc(-c2cccc(Cl)c2)nc1C(F)(F)F. The lowest BCUT2D eigenvalue weighted by Crippen LogP contribution is -2.11. The van der Waals surface area contributed by atoms with Gasteiger partial charge >= 0.3 is 12.1 Å². The Kier molecular flexibility index (Phi) is 3.51. The van der Waals surface area contributed by atoms with E-state index in [1.54, 1.807) is 12.1 Å². The average Bonchev–Trinajstić information content (AvgIpc) is 2.73. The number of alkyl halides is 3. The van der Waals surface area contributed by atoms with Crippen LogP contribution < -0.4 is 0 Å². The van der Waals surface area contributed by atoms with Gasteiger partial charge in [-0.25, -0.2) is 9.78 Å². The number of rotatable bonds is 2. The van der Waals surface area contributed by atoms with Crippen LogP contribution in [0.5, 0.6) is 0 Å². The maximum atomic E-state index is 12.7. The fraction of sp³-hybridized carbons (Fsp3) is 0.0909. The van der Waals surface area contributed by atoms with Gasteiger partial charge in [0, 0.05) is 10.6 Å². The molecule has 2 aromatic rings. The predicted octanol–water partition coefficient (Wildman–Crippen LogP) is 4.18.